The molecule has 0 amide bonds. The Hall–Kier alpha value is -2.04. The first-order valence-corrected chi connectivity index (χ1v) is 7.97. The molecule has 0 bridgehead atoms. The van der Waals surface area contributed by atoms with E-state index in [1.54, 1.807) is 25.3 Å². The Morgan fingerprint density at radius 3 is 2.35 bits per heavy atom. The molecule has 0 radical (unpaired) electrons. The summed E-state index contributed by atoms with van der Waals surface area (Å²) in [5.74, 6) is 0.170. The third-order valence-electron chi connectivity index (χ3n) is 4.68. The summed E-state index contributed by atoms with van der Waals surface area (Å²) in [5, 5.41) is 9.24. The van der Waals surface area contributed by atoms with Gasteiger partial charge in [-0.1, -0.05) is 19.3 Å². The lowest BCUT2D eigenvalue weighted by atomic mass is 9.68. The molecule has 1 N–H and O–H groups in total. The van der Waals surface area contributed by atoms with Crippen LogP contribution in [0.1, 0.15) is 55.3 Å². The monoisotopic (exact) mass is 320 g/mol. The molecule has 0 atom stereocenters. The van der Waals surface area contributed by atoms with Gasteiger partial charge in [0.25, 0.3) is 0 Å². The minimum atomic E-state index is -0.836. The van der Waals surface area contributed by atoms with Crippen molar-refractivity contribution in [3.05, 3.63) is 23.8 Å². The normalized spacial score (nSPS) is 16.6. The molecular formula is C18H24O5. The summed E-state index contributed by atoms with van der Waals surface area (Å²) in [7, 11) is 3.06. The van der Waals surface area contributed by atoms with E-state index in [0.29, 0.717) is 17.1 Å². The van der Waals surface area contributed by atoms with Crippen LogP contribution in [-0.4, -0.2) is 31.1 Å². The Morgan fingerprint density at radius 1 is 1.09 bits per heavy atom. The van der Waals surface area contributed by atoms with Gasteiger partial charge in [0.2, 0.25) is 0 Å². The molecule has 1 aliphatic rings. The number of rotatable bonds is 7. The van der Waals surface area contributed by atoms with Gasteiger partial charge < -0.3 is 14.6 Å². The molecule has 0 spiro atoms. The van der Waals surface area contributed by atoms with Gasteiger partial charge in [0.05, 0.1) is 26.2 Å². The average molecular weight is 320 g/mol. The summed E-state index contributed by atoms with van der Waals surface area (Å²) >= 11 is 0. The highest BCUT2D eigenvalue weighted by molar-refractivity contribution is 5.99. The summed E-state index contributed by atoms with van der Waals surface area (Å²) < 4.78 is 10.5. The molecule has 0 saturated heterocycles. The van der Waals surface area contributed by atoms with Crippen LogP contribution in [0, 0.1) is 5.41 Å². The topological polar surface area (TPSA) is 72.8 Å². The maximum atomic E-state index is 12.8. The highest BCUT2D eigenvalue weighted by atomic mass is 16.5. The van der Waals surface area contributed by atoms with Crippen LogP contribution in [0.2, 0.25) is 0 Å². The van der Waals surface area contributed by atoms with Gasteiger partial charge in [-0.3, -0.25) is 9.59 Å². The van der Waals surface area contributed by atoms with Crippen molar-refractivity contribution < 1.29 is 24.2 Å². The second-order valence-electron chi connectivity index (χ2n) is 6.30. The molecule has 2 rings (SSSR count). The fourth-order valence-electron chi connectivity index (χ4n) is 3.51. The molecular weight excluding hydrogens is 296 g/mol. The van der Waals surface area contributed by atoms with E-state index >= 15 is 0 Å². The number of carbonyl (C=O) groups is 2. The number of ether oxygens (including phenoxy) is 2. The smallest absolute Gasteiger partial charge is 0.303 e. The Bertz CT molecular complexity index is 573. The fourth-order valence-corrected chi connectivity index (χ4v) is 3.51. The predicted octanol–water partition coefficient (Wildman–Crippen LogP) is 3.70. The summed E-state index contributed by atoms with van der Waals surface area (Å²) in [5.41, 5.74) is 0.0251. The molecule has 1 aliphatic carbocycles. The van der Waals surface area contributed by atoms with E-state index in [4.69, 9.17) is 9.47 Å². The van der Waals surface area contributed by atoms with Crippen molar-refractivity contribution in [1.29, 1.82) is 0 Å². The van der Waals surface area contributed by atoms with E-state index < -0.39 is 11.4 Å². The highest BCUT2D eigenvalue weighted by Gasteiger charge is 2.37. The van der Waals surface area contributed by atoms with Gasteiger partial charge in [-0.2, -0.15) is 0 Å². The molecule has 23 heavy (non-hydrogen) atoms. The van der Waals surface area contributed by atoms with E-state index in [1.807, 2.05) is 0 Å². The number of benzene rings is 1. The molecule has 0 aliphatic heterocycles. The van der Waals surface area contributed by atoms with Crippen LogP contribution in [0.5, 0.6) is 11.5 Å². The molecule has 5 nitrogen and oxygen atoms in total. The lowest BCUT2D eigenvalue weighted by molar-refractivity contribution is -0.140. The zero-order chi connectivity index (χ0) is 16.9. The van der Waals surface area contributed by atoms with Crippen LogP contribution in [0.4, 0.5) is 0 Å². The van der Waals surface area contributed by atoms with Crippen LogP contribution in [-0.2, 0) is 4.79 Å². The molecule has 1 saturated carbocycles. The van der Waals surface area contributed by atoms with Gasteiger partial charge in [-0.05, 0) is 36.5 Å². The van der Waals surface area contributed by atoms with Crippen molar-refractivity contribution in [1.82, 2.24) is 0 Å². The number of methoxy groups -OCH3 is 2. The van der Waals surface area contributed by atoms with Gasteiger partial charge in [-0.25, -0.2) is 0 Å². The average Bonchev–Trinajstić information content (AvgIpc) is 2.54. The van der Waals surface area contributed by atoms with Crippen molar-refractivity contribution in [3.63, 3.8) is 0 Å². The van der Waals surface area contributed by atoms with E-state index in [0.717, 1.165) is 32.1 Å². The lowest BCUT2D eigenvalue weighted by Crippen LogP contribution is -2.30. The fraction of sp³-hybridized carbons (Fsp3) is 0.556. The summed E-state index contributed by atoms with van der Waals surface area (Å²) in [6, 6.07) is 5.11. The molecule has 5 heteroatoms. The third kappa shape index (κ3) is 4.24. The first-order chi connectivity index (χ1) is 11.0. The van der Waals surface area contributed by atoms with Crippen molar-refractivity contribution in [2.45, 2.75) is 44.9 Å². The molecule has 1 fully saturated rings. The minimum absolute atomic E-state index is 0.0467. The van der Waals surface area contributed by atoms with E-state index in [-0.39, 0.29) is 18.6 Å². The zero-order valence-corrected chi connectivity index (χ0v) is 13.8. The SMILES string of the molecule is COc1ccc(OC)c(C(=O)CC2(CC(=O)O)CCCCC2)c1. The first kappa shape index (κ1) is 17.3. The van der Waals surface area contributed by atoms with Crippen LogP contribution < -0.4 is 9.47 Å². The number of ketones is 1. The Kier molecular flexibility index (Phi) is 5.64. The minimum Gasteiger partial charge on any atom is -0.497 e. The molecule has 126 valence electrons. The van der Waals surface area contributed by atoms with Gasteiger partial charge >= 0.3 is 5.97 Å². The number of hydrogen-bond donors (Lipinski definition) is 1. The quantitative estimate of drug-likeness (QED) is 0.775. The van der Waals surface area contributed by atoms with Gasteiger partial charge in [0.15, 0.2) is 5.78 Å². The standard InChI is InChI=1S/C18H24O5/c1-22-13-6-7-16(23-2)14(10-13)15(19)11-18(12-17(20)21)8-4-3-5-9-18/h6-7,10H,3-5,8-9,11-12H2,1-2H3,(H,20,21). The Labute approximate surface area is 136 Å². The van der Waals surface area contributed by atoms with Gasteiger partial charge in [-0.15, -0.1) is 0 Å². The van der Waals surface area contributed by atoms with Crippen molar-refractivity contribution in [2.75, 3.05) is 14.2 Å². The van der Waals surface area contributed by atoms with Crippen molar-refractivity contribution in [2.24, 2.45) is 5.41 Å². The number of carboxylic acids is 1. The number of Topliss-reactive ketones (excluding diaryl/α,β-unsaturated/α-hetero) is 1. The second kappa shape index (κ2) is 7.49. The molecule has 0 heterocycles. The molecule has 1 aromatic rings. The van der Waals surface area contributed by atoms with Crippen LogP contribution >= 0.6 is 0 Å². The Morgan fingerprint density at radius 2 is 1.78 bits per heavy atom. The molecule has 1 aromatic carbocycles. The van der Waals surface area contributed by atoms with Crippen LogP contribution in [0.25, 0.3) is 0 Å². The number of carboxylic acid groups (broad SMARTS) is 1. The lowest BCUT2D eigenvalue weighted by Gasteiger charge is -2.35. The van der Waals surface area contributed by atoms with Crippen molar-refractivity contribution >= 4 is 11.8 Å². The number of carbonyl (C=O) groups excluding carboxylic acids is 1. The summed E-state index contributed by atoms with van der Waals surface area (Å²) in [4.78, 5) is 24.1. The maximum Gasteiger partial charge on any atom is 0.303 e. The maximum absolute atomic E-state index is 12.8. The number of hydrogen-bond acceptors (Lipinski definition) is 4. The third-order valence-corrected chi connectivity index (χ3v) is 4.68. The summed E-state index contributed by atoms with van der Waals surface area (Å²) in [6.07, 6.45) is 4.94. The van der Waals surface area contributed by atoms with Crippen LogP contribution in [0.15, 0.2) is 18.2 Å². The van der Waals surface area contributed by atoms with E-state index in [2.05, 4.69) is 0 Å². The zero-order valence-electron chi connectivity index (χ0n) is 13.8. The molecule has 0 unspecified atom stereocenters. The second-order valence-corrected chi connectivity index (χ2v) is 6.30. The number of aliphatic carboxylic acids is 1. The van der Waals surface area contributed by atoms with E-state index in [1.165, 1.54) is 7.11 Å². The van der Waals surface area contributed by atoms with Crippen molar-refractivity contribution in [3.8, 4) is 11.5 Å². The molecule has 0 aromatic heterocycles. The largest absolute Gasteiger partial charge is 0.497 e. The summed E-state index contributed by atoms with van der Waals surface area (Å²) in [6.45, 7) is 0. The van der Waals surface area contributed by atoms with Gasteiger partial charge in [0, 0.05) is 6.42 Å². The predicted molar refractivity (Wildman–Crippen MR) is 86.3 cm³/mol. The Balaban J connectivity index is 2.26. The highest BCUT2D eigenvalue weighted by Crippen LogP contribution is 2.43. The van der Waals surface area contributed by atoms with E-state index in [9.17, 15) is 14.7 Å². The van der Waals surface area contributed by atoms with Crippen LogP contribution in [0.3, 0.4) is 0 Å². The first-order valence-electron chi connectivity index (χ1n) is 7.97. The van der Waals surface area contributed by atoms with Gasteiger partial charge in [0.1, 0.15) is 11.5 Å².